The Morgan fingerprint density at radius 3 is 2.39 bits per heavy atom. The van der Waals surface area contributed by atoms with E-state index in [9.17, 15) is 14.4 Å². The number of carbonyl (C=O) groups excluding carboxylic acids is 2. The lowest BCUT2D eigenvalue weighted by atomic mass is 9.83. The minimum Gasteiger partial charge on any atom is -0.368 e. The van der Waals surface area contributed by atoms with Crippen LogP contribution in [0.5, 0.6) is 0 Å². The van der Waals surface area contributed by atoms with Crippen LogP contribution in [0.4, 0.5) is 0 Å². The average molecular weight is 426 g/mol. The van der Waals surface area contributed by atoms with Gasteiger partial charge in [-0.2, -0.15) is 0 Å². The molecule has 2 N–H and O–H groups in total. The highest BCUT2D eigenvalue weighted by Crippen LogP contribution is 2.32. The van der Waals surface area contributed by atoms with E-state index in [2.05, 4.69) is 9.88 Å². The third-order valence-electron chi connectivity index (χ3n) is 6.93. The van der Waals surface area contributed by atoms with Crippen LogP contribution < -0.4 is 11.2 Å². The molecule has 4 rings (SSSR count). The molecule has 4 heterocycles. The second-order valence-corrected chi connectivity index (χ2v) is 8.72. The molecule has 8 nitrogen and oxygen atoms in total. The standard InChI is InChI=1S/C23H31N5O3/c1-3-26-15-18(19(29)17-8-7-16(2)25-20(17)26)21(30)27-13-9-23(10-14-27,22(24)31)28-11-5-4-6-12-28/h7-8,15H,3-6,9-14H2,1-2H3,(H2,24,31). The van der Waals surface area contributed by atoms with Crippen LogP contribution in [0.25, 0.3) is 11.0 Å². The van der Waals surface area contributed by atoms with Crippen molar-refractivity contribution in [3.05, 3.63) is 39.8 Å². The Morgan fingerprint density at radius 2 is 1.77 bits per heavy atom. The predicted molar refractivity (Wildman–Crippen MR) is 119 cm³/mol. The lowest BCUT2D eigenvalue weighted by Crippen LogP contribution is -2.63. The number of amides is 2. The Balaban J connectivity index is 1.61. The van der Waals surface area contributed by atoms with Crippen LogP contribution in [0.3, 0.4) is 0 Å². The Labute approximate surface area is 182 Å². The highest BCUT2D eigenvalue weighted by molar-refractivity contribution is 5.97. The number of pyridine rings is 2. The number of aromatic nitrogens is 2. The molecule has 0 spiro atoms. The molecule has 0 unspecified atom stereocenters. The number of primary amides is 1. The molecule has 0 radical (unpaired) electrons. The van der Waals surface area contributed by atoms with Gasteiger partial charge >= 0.3 is 0 Å². The summed E-state index contributed by atoms with van der Waals surface area (Å²) in [4.78, 5) is 47.3. The average Bonchev–Trinajstić information content (AvgIpc) is 2.79. The van der Waals surface area contributed by atoms with E-state index in [1.54, 1.807) is 23.2 Å². The highest BCUT2D eigenvalue weighted by atomic mass is 16.2. The molecule has 0 saturated carbocycles. The maximum atomic E-state index is 13.3. The SMILES string of the molecule is CCn1cc(C(=O)N2CCC(C(N)=O)(N3CCCCC3)CC2)c(=O)c2ccc(C)nc21. The van der Waals surface area contributed by atoms with Crippen molar-refractivity contribution in [1.82, 2.24) is 19.4 Å². The van der Waals surface area contributed by atoms with Crippen LogP contribution in [0.1, 0.15) is 55.1 Å². The Kier molecular flexibility index (Phi) is 5.83. The van der Waals surface area contributed by atoms with Crippen molar-refractivity contribution in [2.45, 2.75) is 58.0 Å². The molecule has 166 valence electrons. The van der Waals surface area contributed by atoms with Gasteiger partial charge in [0.2, 0.25) is 11.3 Å². The predicted octanol–water partition coefficient (Wildman–Crippen LogP) is 1.67. The van der Waals surface area contributed by atoms with Gasteiger partial charge in [0.1, 0.15) is 16.7 Å². The summed E-state index contributed by atoms with van der Waals surface area (Å²) in [5, 5.41) is 0.454. The first kappa shape index (κ1) is 21.5. The normalized spacial score (nSPS) is 19.5. The second kappa shape index (κ2) is 8.42. The number of nitrogens with two attached hydrogens (primary N) is 1. The van der Waals surface area contributed by atoms with Crippen LogP contribution in [-0.2, 0) is 11.3 Å². The van der Waals surface area contributed by atoms with Gasteiger partial charge < -0.3 is 15.2 Å². The third kappa shape index (κ3) is 3.73. The van der Waals surface area contributed by atoms with Crippen LogP contribution in [0.2, 0.25) is 0 Å². The molecule has 2 aromatic rings. The number of aryl methyl sites for hydroxylation is 2. The summed E-state index contributed by atoms with van der Waals surface area (Å²) in [5.74, 6) is -0.589. The Bertz CT molecular complexity index is 1060. The zero-order valence-electron chi connectivity index (χ0n) is 18.4. The maximum absolute atomic E-state index is 13.3. The summed E-state index contributed by atoms with van der Waals surface area (Å²) in [6, 6.07) is 3.53. The molecular formula is C23H31N5O3. The summed E-state index contributed by atoms with van der Waals surface area (Å²) in [5.41, 5.74) is 6.46. The van der Waals surface area contributed by atoms with E-state index in [0.717, 1.165) is 31.6 Å². The number of nitrogens with zero attached hydrogens (tertiary/aromatic N) is 4. The van der Waals surface area contributed by atoms with E-state index in [1.165, 1.54) is 6.42 Å². The molecule has 0 aliphatic carbocycles. The van der Waals surface area contributed by atoms with Gasteiger partial charge in [0.25, 0.3) is 5.91 Å². The lowest BCUT2D eigenvalue weighted by Gasteiger charge is -2.48. The first-order valence-corrected chi connectivity index (χ1v) is 11.2. The van der Waals surface area contributed by atoms with Gasteiger partial charge in [-0.15, -0.1) is 0 Å². The minimum absolute atomic E-state index is 0.157. The number of carbonyl (C=O) groups is 2. The zero-order chi connectivity index (χ0) is 22.2. The van der Waals surface area contributed by atoms with Crippen molar-refractivity contribution >= 4 is 22.8 Å². The minimum atomic E-state index is -0.689. The first-order chi connectivity index (χ1) is 14.9. The maximum Gasteiger partial charge on any atom is 0.259 e. The van der Waals surface area contributed by atoms with Crippen molar-refractivity contribution in [3.63, 3.8) is 0 Å². The molecule has 2 aliphatic rings. The van der Waals surface area contributed by atoms with E-state index >= 15 is 0 Å². The summed E-state index contributed by atoms with van der Waals surface area (Å²) in [6.07, 6.45) is 5.95. The lowest BCUT2D eigenvalue weighted by molar-refractivity contribution is -0.134. The molecule has 8 heteroatoms. The van der Waals surface area contributed by atoms with Crippen molar-refractivity contribution in [1.29, 1.82) is 0 Å². The summed E-state index contributed by atoms with van der Waals surface area (Å²) in [7, 11) is 0. The highest BCUT2D eigenvalue weighted by Gasteiger charge is 2.46. The van der Waals surface area contributed by atoms with E-state index in [1.807, 2.05) is 18.4 Å². The molecule has 0 bridgehead atoms. The smallest absolute Gasteiger partial charge is 0.259 e. The topological polar surface area (TPSA) is 102 Å². The van der Waals surface area contributed by atoms with Gasteiger partial charge in [-0.05, 0) is 64.8 Å². The largest absolute Gasteiger partial charge is 0.368 e. The van der Waals surface area contributed by atoms with E-state index < -0.39 is 5.54 Å². The third-order valence-corrected chi connectivity index (χ3v) is 6.93. The number of rotatable bonds is 4. The molecule has 0 aromatic carbocycles. The van der Waals surface area contributed by atoms with Gasteiger partial charge in [0.05, 0.1) is 5.39 Å². The number of fused-ring (bicyclic) bond motifs is 1. The van der Waals surface area contributed by atoms with Crippen molar-refractivity contribution in [2.75, 3.05) is 26.2 Å². The van der Waals surface area contributed by atoms with Crippen LogP contribution in [0, 0.1) is 6.92 Å². The van der Waals surface area contributed by atoms with E-state index in [-0.39, 0.29) is 22.8 Å². The zero-order valence-corrected chi connectivity index (χ0v) is 18.4. The number of hydrogen-bond acceptors (Lipinski definition) is 5. The molecule has 2 aliphatic heterocycles. The van der Waals surface area contributed by atoms with Gasteiger partial charge in [0.15, 0.2) is 0 Å². The van der Waals surface area contributed by atoms with Crippen molar-refractivity contribution < 1.29 is 9.59 Å². The van der Waals surface area contributed by atoms with Gasteiger partial charge in [-0.1, -0.05) is 6.42 Å². The summed E-state index contributed by atoms with van der Waals surface area (Å²) < 4.78 is 1.85. The fraction of sp³-hybridized carbons (Fsp3) is 0.565. The van der Waals surface area contributed by atoms with Gasteiger partial charge in [0, 0.05) is 31.5 Å². The van der Waals surface area contributed by atoms with Crippen LogP contribution in [-0.4, -0.2) is 62.9 Å². The molecule has 2 saturated heterocycles. The Morgan fingerprint density at radius 1 is 1.10 bits per heavy atom. The molecule has 2 fully saturated rings. The van der Waals surface area contributed by atoms with Crippen LogP contribution in [0.15, 0.2) is 23.1 Å². The second-order valence-electron chi connectivity index (χ2n) is 8.72. The molecule has 2 amide bonds. The fourth-order valence-corrected chi connectivity index (χ4v) is 5.04. The number of hydrogen-bond donors (Lipinski definition) is 1. The molecule has 31 heavy (non-hydrogen) atoms. The fourth-order valence-electron chi connectivity index (χ4n) is 5.04. The Hall–Kier alpha value is -2.74. The van der Waals surface area contributed by atoms with Gasteiger partial charge in [-0.3, -0.25) is 19.3 Å². The van der Waals surface area contributed by atoms with E-state index in [4.69, 9.17) is 5.73 Å². The van der Waals surface area contributed by atoms with Gasteiger partial charge in [-0.25, -0.2) is 4.98 Å². The summed E-state index contributed by atoms with van der Waals surface area (Å²) >= 11 is 0. The quantitative estimate of drug-likeness (QED) is 0.803. The van der Waals surface area contributed by atoms with E-state index in [0.29, 0.717) is 43.5 Å². The first-order valence-electron chi connectivity index (χ1n) is 11.2. The van der Waals surface area contributed by atoms with Crippen LogP contribution >= 0.6 is 0 Å². The monoisotopic (exact) mass is 425 g/mol. The van der Waals surface area contributed by atoms with Crippen molar-refractivity contribution in [2.24, 2.45) is 5.73 Å². The number of piperidine rings is 2. The molecule has 2 aromatic heterocycles. The molecule has 0 atom stereocenters. The van der Waals surface area contributed by atoms with Crippen molar-refractivity contribution in [3.8, 4) is 0 Å². The molecular weight excluding hydrogens is 394 g/mol. The summed E-state index contributed by atoms with van der Waals surface area (Å²) in [6.45, 7) is 7.01. The number of likely N-dealkylation sites (tertiary alicyclic amines) is 2.